The molecule has 3 aromatic rings. The van der Waals surface area contributed by atoms with E-state index in [1.165, 1.54) is 19.2 Å². The molecule has 2 N–H and O–H groups in total. The quantitative estimate of drug-likeness (QED) is 0.245. The summed E-state index contributed by atoms with van der Waals surface area (Å²) >= 11 is 0. The molecule has 228 valence electrons. The van der Waals surface area contributed by atoms with Crippen LogP contribution < -0.4 is 10.1 Å². The first-order valence-electron chi connectivity index (χ1n) is 12.0. The summed E-state index contributed by atoms with van der Waals surface area (Å²) < 4.78 is 93.7. The maximum atomic E-state index is 13.2. The lowest BCUT2D eigenvalue weighted by atomic mass is 10.1. The Bertz CT molecular complexity index is 1500. The van der Waals surface area contributed by atoms with E-state index in [4.69, 9.17) is 14.2 Å². The third kappa shape index (κ3) is 8.47. The van der Waals surface area contributed by atoms with Crippen LogP contribution in [0.25, 0.3) is 0 Å². The van der Waals surface area contributed by atoms with E-state index in [9.17, 15) is 50.6 Å². The van der Waals surface area contributed by atoms with Gasteiger partial charge in [0.1, 0.15) is 5.75 Å². The largest absolute Gasteiger partial charge is 0.496 e. The Morgan fingerprint density at radius 1 is 0.744 bits per heavy atom. The number of carbonyl (C=O) groups is 4. The molecular weight excluding hydrogens is 592 g/mol. The molecule has 2 atom stereocenters. The number of amides is 1. The number of para-hydroxylation sites is 1. The van der Waals surface area contributed by atoms with Crippen molar-refractivity contribution in [3.05, 3.63) is 101 Å². The van der Waals surface area contributed by atoms with Crippen molar-refractivity contribution >= 4 is 23.8 Å². The third-order valence-electron chi connectivity index (χ3n) is 5.74. The molecule has 0 aliphatic carbocycles. The summed E-state index contributed by atoms with van der Waals surface area (Å²) in [5.74, 6) is -6.35. The van der Waals surface area contributed by atoms with Crippen molar-refractivity contribution in [2.24, 2.45) is 0 Å². The van der Waals surface area contributed by atoms with Gasteiger partial charge in [-0.1, -0.05) is 30.3 Å². The van der Waals surface area contributed by atoms with Gasteiger partial charge >= 0.3 is 30.3 Å². The van der Waals surface area contributed by atoms with Crippen molar-refractivity contribution in [2.75, 3.05) is 7.11 Å². The number of hydrogen-bond acceptors (Lipinski definition) is 7. The molecule has 0 bridgehead atoms. The minimum absolute atomic E-state index is 0.297. The molecule has 0 spiro atoms. The number of alkyl halides is 6. The fourth-order valence-electron chi connectivity index (χ4n) is 3.64. The summed E-state index contributed by atoms with van der Waals surface area (Å²) in [6.07, 6.45) is -14.9. The lowest BCUT2D eigenvalue weighted by Crippen LogP contribution is -2.50. The van der Waals surface area contributed by atoms with Crippen LogP contribution in [-0.4, -0.2) is 48.2 Å². The summed E-state index contributed by atoms with van der Waals surface area (Å²) in [4.78, 5) is 50.7. The molecule has 15 heteroatoms. The highest BCUT2D eigenvalue weighted by atomic mass is 19.4. The number of carboxylic acids is 1. The van der Waals surface area contributed by atoms with Gasteiger partial charge in [0.2, 0.25) is 12.2 Å². The van der Waals surface area contributed by atoms with E-state index in [-0.39, 0.29) is 6.54 Å². The minimum Gasteiger partial charge on any atom is -0.496 e. The van der Waals surface area contributed by atoms with E-state index < -0.39 is 70.6 Å². The molecular formula is C28H21F6NO8. The topological polar surface area (TPSA) is 128 Å². The molecule has 1 amide bonds. The maximum Gasteiger partial charge on any atom is 0.416 e. The van der Waals surface area contributed by atoms with Gasteiger partial charge in [-0.2, -0.15) is 26.3 Å². The summed E-state index contributed by atoms with van der Waals surface area (Å²) in [5.41, 5.74) is -3.64. The Hall–Kier alpha value is -5.08. The van der Waals surface area contributed by atoms with Crippen LogP contribution in [0.15, 0.2) is 72.8 Å². The second kappa shape index (κ2) is 13.3. The monoisotopic (exact) mass is 613 g/mol. The molecule has 9 nitrogen and oxygen atoms in total. The van der Waals surface area contributed by atoms with E-state index in [1.807, 2.05) is 0 Å². The van der Waals surface area contributed by atoms with Gasteiger partial charge in [-0.15, -0.1) is 0 Å². The van der Waals surface area contributed by atoms with Crippen molar-refractivity contribution < 1.29 is 64.8 Å². The van der Waals surface area contributed by atoms with Gasteiger partial charge in [-0.3, -0.25) is 4.79 Å². The summed E-state index contributed by atoms with van der Waals surface area (Å²) in [5, 5.41) is 12.0. The number of halogens is 6. The minimum atomic E-state index is -4.87. The van der Waals surface area contributed by atoms with Crippen molar-refractivity contribution in [2.45, 2.75) is 31.1 Å². The van der Waals surface area contributed by atoms with Crippen molar-refractivity contribution in [3.63, 3.8) is 0 Å². The highest BCUT2D eigenvalue weighted by molar-refractivity contribution is 5.97. The Balaban J connectivity index is 1.95. The first-order valence-corrected chi connectivity index (χ1v) is 12.0. The number of hydrogen-bond donors (Lipinski definition) is 2. The molecule has 0 saturated carbocycles. The first-order chi connectivity index (χ1) is 20.1. The number of methoxy groups -OCH3 is 1. The predicted octanol–water partition coefficient (Wildman–Crippen LogP) is 4.88. The van der Waals surface area contributed by atoms with Gasteiger partial charge in [-0.25, -0.2) is 14.4 Å². The SMILES string of the molecule is COc1ccccc1CNC(=O)[C@@H](OC(=O)c1cccc(C(F)(F)F)c1)[C@H](OC(=O)c1cccc(C(F)(F)F)c1)C(=O)O. The number of ether oxygens (including phenoxy) is 3. The number of carboxylic acid groups (broad SMARTS) is 1. The molecule has 3 rings (SSSR count). The molecule has 0 heterocycles. The zero-order chi connectivity index (χ0) is 31.9. The van der Waals surface area contributed by atoms with E-state index in [1.54, 1.807) is 12.1 Å². The number of rotatable bonds is 10. The molecule has 3 aromatic carbocycles. The smallest absolute Gasteiger partial charge is 0.416 e. The molecule has 0 aliphatic heterocycles. The lowest BCUT2D eigenvalue weighted by molar-refractivity contribution is -0.159. The number of nitrogens with one attached hydrogen (secondary N) is 1. The van der Waals surface area contributed by atoms with Crippen molar-refractivity contribution in [3.8, 4) is 5.75 Å². The number of esters is 2. The van der Waals surface area contributed by atoms with E-state index in [0.717, 1.165) is 24.3 Å². The van der Waals surface area contributed by atoms with E-state index in [2.05, 4.69) is 5.32 Å². The van der Waals surface area contributed by atoms with Crippen molar-refractivity contribution in [1.82, 2.24) is 5.32 Å². The second-order valence-electron chi connectivity index (χ2n) is 8.68. The normalized spacial score (nSPS) is 12.9. The zero-order valence-corrected chi connectivity index (χ0v) is 21.9. The lowest BCUT2D eigenvalue weighted by Gasteiger charge is -2.24. The van der Waals surface area contributed by atoms with Gasteiger partial charge in [0.25, 0.3) is 5.91 Å². The van der Waals surface area contributed by atoms with E-state index in [0.29, 0.717) is 35.6 Å². The molecule has 0 saturated heterocycles. The van der Waals surface area contributed by atoms with Crippen LogP contribution in [0.5, 0.6) is 5.75 Å². The average Bonchev–Trinajstić information content (AvgIpc) is 2.96. The Kier molecular flexibility index (Phi) is 10.0. The average molecular weight is 613 g/mol. The molecule has 43 heavy (non-hydrogen) atoms. The van der Waals surface area contributed by atoms with Crippen LogP contribution in [0.1, 0.15) is 37.4 Å². The van der Waals surface area contributed by atoms with E-state index >= 15 is 0 Å². The van der Waals surface area contributed by atoms with Crippen LogP contribution in [0, 0.1) is 0 Å². The van der Waals surface area contributed by atoms with Crippen LogP contribution in [0.2, 0.25) is 0 Å². The van der Waals surface area contributed by atoms with Gasteiger partial charge in [0, 0.05) is 12.1 Å². The zero-order valence-electron chi connectivity index (χ0n) is 21.9. The van der Waals surface area contributed by atoms with Gasteiger partial charge in [0.05, 0.1) is 29.4 Å². The highest BCUT2D eigenvalue weighted by Crippen LogP contribution is 2.31. The summed E-state index contributed by atoms with van der Waals surface area (Å²) in [6, 6.07) is 11.7. The molecule has 0 aliphatic rings. The molecule has 0 radical (unpaired) electrons. The number of benzene rings is 3. The van der Waals surface area contributed by atoms with Gasteiger partial charge in [0.15, 0.2) is 0 Å². The first kappa shape index (κ1) is 32.4. The maximum absolute atomic E-state index is 13.2. The van der Waals surface area contributed by atoms with Crippen LogP contribution >= 0.6 is 0 Å². The predicted molar refractivity (Wildman–Crippen MR) is 134 cm³/mol. The molecule has 0 unspecified atom stereocenters. The summed E-state index contributed by atoms with van der Waals surface area (Å²) in [6.45, 7) is -0.339. The summed E-state index contributed by atoms with van der Waals surface area (Å²) in [7, 11) is 1.33. The van der Waals surface area contributed by atoms with Crippen LogP contribution in [0.3, 0.4) is 0 Å². The van der Waals surface area contributed by atoms with Crippen LogP contribution in [0.4, 0.5) is 26.3 Å². The van der Waals surface area contributed by atoms with Crippen molar-refractivity contribution in [1.29, 1.82) is 0 Å². The Labute approximate surface area is 239 Å². The molecule has 0 fully saturated rings. The van der Waals surface area contributed by atoms with Gasteiger partial charge < -0.3 is 24.6 Å². The van der Waals surface area contributed by atoms with Gasteiger partial charge in [-0.05, 0) is 42.5 Å². The highest BCUT2D eigenvalue weighted by Gasteiger charge is 2.41. The molecule has 0 aromatic heterocycles. The fraction of sp³-hybridized carbons (Fsp3) is 0.214. The van der Waals surface area contributed by atoms with Crippen LogP contribution in [-0.2, 0) is 38.0 Å². The number of aliphatic carboxylic acids is 1. The standard InChI is InChI=1S/C28H21F6NO8/c1-41-20-11-3-2-6-17(20)14-35-23(36)21(42-25(39)15-7-4-9-18(12-15)27(29,30)31)22(24(37)38)43-26(40)16-8-5-10-19(13-16)28(32,33)34/h2-13,21-22H,14H2,1H3,(H,35,36)(H,37,38)/t21-,22-/m0/s1. The number of carbonyl (C=O) groups excluding carboxylic acids is 3. The Morgan fingerprint density at radius 3 is 1.70 bits per heavy atom. The third-order valence-corrected chi connectivity index (χ3v) is 5.74. The fourth-order valence-corrected chi connectivity index (χ4v) is 3.64. The second-order valence-corrected chi connectivity index (χ2v) is 8.68. The Morgan fingerprint density at radius 2 is 1.23 bits per heavy atom.